The Morgan fingerprint density at radius 3 is 2.61 bits per heavy atom. The number of carbonyl (C=O) groups excluding carboxylic acids is 1. The number of halogens is 1. The first-order chi connectivity index (χ1) is 8.58. The van der Waals surface area contributed by atoms with Crippen molar-refractivity contribution in [2.45, 2.75) is 19.8 Å². The first-order valence-electron chi connectivity index (χ1n) is 5.58. The van der Waals surface area contributed by atoms with E-state index in [2.05, 4.69) is 10.3 Å². The number of nitrogens with zero attached hydrogens (tertiary/aromatic N) is 1. The summed E-state index contributed by atoms with van der Waals surface area (Å²) in [4.78, 5) is 16.0. The molecule has 2 aromatic rings. The predicted octanol–water partition coefficient (Wildman–Crippen LogP) is 3.19. The molecule has 0 aliphatic carbocycles. The highest BCUT2D eigenvalue weighted by Crippen LogP contribution is 2.19. The zero-order valence-corrected chi connectivity index (χ0v) is 10.1. The van der Waals surface area contributed by atoms with E-state index in [-0.39, 0.29) is 23.4 Å². The Morgan fingerprint density at radius 1 is 1.33 bits per heavy atom. The average Bonchev–Trinajstić information content (AvgIpc) is 2.81. The molecule has 1 heterocycles. The van der Waals surface area contributed by atoms with Crippen LogP contribution in [0.15, 0.2) is 35.1 Å². The van der Waals surface area contributed by atoms with E-state index >= 15 is 0 Å². The van der Waals surface area contributed by atoms with Crippen LogP contribution in [0.1, 0.15) is 36.0 Å². The number of oxazole rings is 1. The zero-order valence-electron chi connectivity index (χ0n) is 10.1. The van der Waals surface area contributed by atoms with Crippen molar-refractivity contribution in [1.29, 1.82) is 0 Å². The summed E-state index contributed by atoms with van der Waals surface area (Å²) in [6.07, 6.45) is 1.24. The highest BCUT2D eigenvalue weighted by Gasteiger charge is 2.19. The van der Waals surface area contributed by atoms with E-state index in [1.54, 1.807) is 0 Å². The largest absolute Gasteiger partial charge is 0.438 e. The number of amides is 1. The molecule has 18 heavy (non-hydrogen) atoms. The number of carbonyl (C=O) groups is 1. The lowest BCUT2D eigenvalue weighted by molar-refractivity contribution is 0.0995. The Morgan fingerprint density at radius 2 is 2.00 bits per heavy atom. The number of hydrogen-bond donors (Lipinski definition) is 1. The molecule has 1 amide bonds. The Labute approximate surface area is 104 Å². The van der Waals surface area contributed by atoms with Gasteiger partial charge in [-0.2, -0.15) is 0 Å². The summed E-state index contributed by atoms with van der Waals surface area (Å²) >= 11 is 0. The molecule has 4 nitrogen and oxygen atoms in total. The van der Waals surface area contributed by atoms with E-state index in [1.165, 1.54) is 30.7 Å². The second kappa shape index (κ2) is 5.00. The minimum atomic E-state index is -0.386. The summed E-state index contributed by atoms with van der Waals surface area (Å²) in [7, 11) is 0. The van der Waals surface area contributed by atoms with E-state index in [4.69, 9.17) is 4.42 Å². The van der Waals surface area contributed by atoms with Crippen molar-refractivity contribution in [2.75, 3.05) is 5.32 Å². The first kappa shape index (κ1) is 12.3. The van der Waals surface area contributed by atoms with Crippen LogP contribution in [0.3, 0.4) is 0 Å². The third kappa shape index (κ3) is 2.56. The average molecular weight is 248 g/mol. The van der Waals surface area contributed by atoms with Gasteiger partial charge in [-0.15, -0.1) is 0 Å². The number of anilines is 1. The fraction of sp³-hybridized carbons (Fsp3) is 0.231. The van der Waals surface area contributed by atoms with Gasteiger partial charge < -0.3 is 9.73 Å². The van der Waals surface area contributed by atoms with Crippen LogP contribution in [-0.4, -0.2) is 10.9 Å². The Hall–Kier alpha value is -2.17. The fourth-order valence-electron chi connectivity index (χ4n) is 1.56. The molecule has 5 heteroatoms. The third-order valence-electron chi connectivity index (χ3n) is 2.45. The molecule has 0 unspecified atom stereocenters. The third-order valence-corrected chi connectivity index (χ3v) is 2.45. The second-order valence-corrected chi connectivity index (χ2v) is 4.18. The van der Waals surface area contributed by atoms with Gasteiger partial charge >= 0.3 is 0 Å². The normalized spacial score (nSPS) is 10.7. The summed E-state index contributed by atoms with van der Waals surface area (Å²) in [6, 6.07) is 5.52. The maximum Gasteiger partial charge on any atom is 0.293 e. The lowest BCUT2D eigenvalue weighted by Crippen LogP contribution is -2.13. The van der Waals surface area contributed by atoms with Gasteiger partial charge in [0.25, 0.3) is 5.91 Å². The molecule has 1 aromatic heterocycles. The molecule has 2 rings (SSSR count). The van der Waals surface area contributed by atoms with Crippen molar-refractivity contribution in [3.8, 4) is 0 Å². The van der Waals surface area contributed by atoms with Crippen LogP contribution < -0.4 is 5.32 Å². The van der Waals surface area contributed by atoms with Crippen molar-refractivity contribution in [3.63, 3.8) is 0 Å². The van der Waals surface area contributed by atoms with Crippen LogP contribution in [0.25, 0.3) is 0 Å². The van der Waals surface area contributed by atoms with Crippen LogP contribution in [0.4, 0.5) is 10.1 Å². The van der Waals surface area contributed by atoms with Gasteiger partial charge in [-0.25, -0.2) is 9.37 Å². The van der Waals surface area contributed by atoms with Gasteiger partial charge in [-0.3, -0.25) is 4.79 Å². The molecule has 0 saturated heterocycles. The highest BCUT2D eigenvalue weighted by atomic mass is 19.1. The second-order valence-electron chi connectivity index (χ2n) is 4.18. The topological polar surface area (TPSA) is 55.1 Å². The molecule has 0 atom stereocenters. The maximum atomic E-state index is 12.7. The minimum absolute atomic E-state index is 0.0951. The summed E-state index contributed by atoms with van der Waals surface area (Å²) < 4.78 is 17.8. The standard InChI is InChI=1S/C13H13FN2O2/c1-8(2)11-12(18-7-15-11)13(17)16-10-5-3-9(14)4-6-10/h3-8H,1-2H3,(H,16,17). The molecule has 0 aliphatic rings. The van der Waals surface area contributed by atoms with E-state index in [0.29, 0.717) is 11.4 Å². The SMILES string of the molecule is CC(C)c1ncoc1C(=O)Nc1ccc(F)cc1. The molecule has 0 saturated carbocycles. The van der Waals surface area contributed by atoms with Crippen molar-refractivity contribution >= 4 is 11.6 Å². The Kier molecular flexibility index (Phi) is 3.41. The first-order valence-corrected chi connectivity index (χ1v) is 5.58. The number of nitrogens with one attached hydrogen (secondary N) is 1. The van der Waals surface area contributed by atoms with Crippen LogP contribution in [-0.2, 0) is 0 Å². The monoisotopic (exact) mass is 248 g/mol. The molecule has 0 fully saturated rings. The minimum Gasteiger partial charge on any atom is -0.438 e. The lowest BCUT2D eigenvalue weighted by Gasteiger charge is -2.05. The quantitative estimate of drug-likeness (QED) is 0.907. The summed E-state index contributed by atoms with van der Waals surface area (Å²) in [5.41, 5.74) is 1.11. The van der Waals surface area contributed by atoms with Gasteiger partial charge in [-0.1, -0.05) is 13.8 Å². The van der Waals surface area contributed by atoms with Crippen molar-refractivity contribution in [1.82, 2.24) is 4.98 Å². The van der Waals surface area contributed by atoms with Gasteiger partial charge in [0, 0.05) is 5.69 Å². The van der Waals surface area contributed by atoms with Crippen LogP contribution in [0, 0.1) is 5.82 Å². The van der Waals surface area contributed by atoms with E-state index in [9.17, 15) is 9.18 Å². The molecule has 0 bridgehead atoms. The van der Waals surface area contributed by atoms with Crippen molar-refractivity contribution in [3.05, 3.63) is 47.9 Å². The van der Waals surface area contributed by atoms with Crippen LogP contribution in [0.5, 0.6) is 0 Å². The number of rotatable bonds is 3. The molecular weight excluding hydrogens is 235 g/mol. The molecule has 0 radical (unpaired) electrons. The maximum absolute atomic E-state index is 12.7. The Balaban J connectivity index is 2.17. The number of hydrogen-bond acceptors (Lipinski definition) is 3. The highest BCUT2D eigenvalue weighted by molar-refractivity contribution is 6.03. The molecular formula is C13H13FN2O2. The van der Waals surface area contributed by atoms with Crippen LogP contribution in [0.2, 0.25) is 0 Å². The summed E-state index contributed by atoms with van der Waals surface area (Å²) in [5.74, 6) is -0.453. The zero-order chi connectivity index (χ0) is 13.1. The van der Waals surface area contributed by atoms with E-state index in [1.807, 2.05) is 13.8 Å². The van der Waals surface area contributed by atoms with Gasteiger partial charge in [-0.05, 0) is 30.2 Å². The fourth-order valence-corrected chi connectivity index (χ4v) is 1.56. The van der Waals surface area contributed by atoms with E-state index < -0.39 is 0 Å². The van der Waals surface area contributed by atoms with Gasteiger partial charge in [0.2, 0.25) is 5.76 Å². The van der Waals surface area contributed by atoms with E-state index in [0.717, 1.165) is 0 Å². The molecule has 1 aromatic carbocycles. The van der Waals surface area contributed by atoms with Crippen molar-refractivity contribution in [2.24, 2.45) is 0 Å². The summed E-state index contributed by atoms with van der Waals surface area (Å²) in [6.45, 7) is 3.85. The number of benzene rings is 1. The molecule has 0 spiro atoms. The lowest BCUT2D eigenvalue weighted by atomic mass is 10.1. The summed E-state index contributed by atoms with van der Waals surface area (Å²) in [5, 5.41) is 2.63. The molecule has 94 valence electrons. The number of aromatic nitrogens is 1. The molecule has 0 aliphatic heterocycles. The van der Waals surface area contributed by atoms with Crippen LogP contribution >= 0.6 is 0 Å². The van der Waals surface area contributed by atoms with Gasteiger partial charge in [0.05, 0.1) is 5.69 Å². The van der Waals surface area contributed by atoms with Crippen molar-refractivity contribution < 1.29 is 13.6 Å². The van der Waals surface area contributed by atoms with Gasteiger partial charge in [0.15, 0.2) is 6.39 Å². The Bertz CT molecular complexity index is 546. The van der Waals surface area contributed by atoms with Gasteiger partial charge in [0.1, 0.15) is 5.82 Å². The predicted molar refractivity (Wildman–Crippen MR) is 64.9 cm³/mol. The molecule has 1 N–H and O–H groups in total. The smallest absolute Gasteiger partial charge is 0.293 e.